The number of amides is 1. The van der Waals surface area contributed by atoms with E-state index in [2.05, 4.69) is 17.1 Å². The van der Waals surface area contributed by atoms with Crippen LogP contribution in [0.25, 0.3) is 0 Å². The van der Waals surface area contributed by atoms with Gasteiger partial charge in [-0.15, -0.1) is 0 Å². The van der Waals surface area contributed by atoms with Gasteiger partial charge in [0.1, 0.15) is 5.76 Å². The molecule has 1 aromatic rings. The fourth-order valence-electron chi connectivity index (χ4n) is 3.73. The van der Waals surface area contributed by atoms with Gasteiger partial charge in [0.05, 0.1) is 30.9 Å². The Labute approximate surface area is 137 Å². The summed E-state index contributed by atoms with van der Waals surface area (Å²) in [6, 6.07) is 0.171. The van der Waals surface area contributed by atoms with Crippen LogP contribution in [0, 0.1) is 0 Å². The predicted molar refractivity (Wildman–Crippen MR) is 86.3 cm³/mol. The molecule has 0 aromatic carbocycles. The summed E-state index contributed by atoms with van der Waals surface area (Å²) in [6.45, 7) is 7.33. The van der Waals surface area contributed by atoms with E-state index in [1.165, 1.54) is 0 Å². The predicted octanol–water partition coefficient (Wildman–Crippen LogP) is 1.27. The highest BCUT2D eigenvalue weighted by molar-refractivity contribution is 5.79. The number of morpholine rings is 1. The Balaban J connectivity index is 1.75. The first-order valence-corrected chi connectivity index (χ1v) is 8.69. The maximum absolute atomic E-state index is 12.9. The molecule has 6 heteroatoms. The molecule has 2 aliphatic rings. The third-order valence-electron chi connectivity index (χ3n) is 5.04. The summed E-state index contributed by atoms with van der Waals surface area (Å²) in [5, 5.41) is 4.12. The van der Waals surface area contributed by atoms with Gasteiger partial charge in [-0.2, -0.15) is 0 Å². The average Bonchev–Trinajstić information content (AvgIpc) is 2.95. The molecule has 1 aromatic heterocycles. The van der Waals surface area contributed by atoms with Crippen LogP contribution in [0.3, 0.4) is 0 Å². The minimum absolute atomic E-state index is 0.171. The molecule has 1 amide bonds. The van der Waals surface area contributed by atoms with Crippen molar-refractivity contribution >= 4 is 5.91 Å². The maximum atomic E-state index is 12.9. The first-order chi connectivity index (χ1) is 11.1. The molecule has 0 saturated carbocycles. The van der Waals surface area contributed by atoms with E-state index in [4.69, 9.17) is 9.26 Å². The lowest BCUT2D eigenvalue weighted by atomic mass is 9.97. The molecular weight excluding hydrogens is 294 g/mol. The summed E-state index contributed by atoms with van der Waals surface area (Å²) in [5.74, 6) is 1.02. The van der Waals surface area contributed by atoms with Crippen LogP contribution >= 0.6 is 0 Å². The van der Waals surface area contributed by atoms with Crippen LogP contribution in [-0.2, 0) is 28.8 Å². The Morgan fingerprint density at radius 2 is 2.13 bits per heavy atom. The van der Waals surface area contributed by atoms with Crippen molar-refractivity contribution in [1.82, 2.24) is 15.0 Å². The Kier molecular flexibility index (Phi) is 5.02. The van der Waals surface area contributed by atoms with Crippen molar-refractivity contribution in [2.24, 2.45) is 0 Å². The normalized spacial score (nSPS) is 25.4. The van der Waals surface area contributed by atoms with E-state index in [9.17, 15) is 4.79 Å². The largest absolute Gasteiger partial charge is 0.374 e. The number of aromatic nitrogens is 1. The van der Waals surface area contributed by atoms with E-state index in [0.717, 1.165) is 49.4 Å². The number of rotatable bonds is 4. The summed E-state index contributed by atoms with van der Waals surface area (Å²) in [5.41, 5.74) is 1.91. The van der Waals surface area contributed by atoms with Crippen LogP contribution in [0.2, 0.25) is 0 Å². The van der Waals surface area contributed by atoms with Crippen molar-refractivity contribution in [3.05, 3.63) is 17.0 Å². The Bertz CT molecular complexity index is 536. The van der Waals surface area contributed by atoms with Crippen LogP contribution in [0.5, 0.6) is 0 Å². The lowest BCUT2D eigenvalue weighted by molar-refractivity contribution is -0.151. The van der Waals surface area contributed by atoms with E-state index < -0.39 is 0 Å². The van der Waals surface area contributed by atoms with Crippen molar-refractivity contribution in [2.45, 2.75) is 51.7 Å². The van der Waals surface area contributed by atoms with Gasteiger partial charge >= 0.3 is 0 Å². The molecule has 2 fully saturated rings. The molecule has 3 rings (SSSR count). The van der Waals surface area contributed by atoms with Crippen LogP contribution in [0.4, 0.5) is 0 Å². The molecule has 6 nitrogen and oxygen atoms in total. The van der Waals surface area contributed by atoms with Crippen molar-refractivity contribution in [1.29, 1.82) is 0 Å². The van der Waals surface area contributed by atoms with Crippen molar-refractivity contribution in [3.63, 3.8) is 0 Å². The number of likely N-dealkylation sites (tertiary alicyclic amines) is 1. The highest BCUT2D eigenvalue weighted by atomic mass is 16.5. The van der Waals surface area contributed by atoms with Crippen LogP contribution in [-0.4, -0.2) is 66.3 Å². The standard InChI is InChI=1S/C17H27N3O3/c1-4-13-12(15(5-2)23-18-13)10-17(21)20-8-9-22-16-6-7-19(3)11-14(16)20/h14,16H,4-11H2,1-3H3/t14-,16+/m0/s1. The van der Waals surface area contributed by atoms with E-state index in [0.29, 0.717) is 19.6 Å². The third kappa shape index (κ3) is 3.28. The van der Waals surface area contributed by atoms with Gasteiger partial charge in [0.25, 0.3) is 0 Å². The van der Waals surface area contributed by atoms with Crippen molar-refractivity contribution < 1.29 is 14.1 Å². The zero-order chi connectivity index (χ0) is 16.4. The first kappa shape index (κ1) is 16.5. The van der Waals surface area contributed by atoms with Gasteiger partial charge in [-0.3, -0.25) is 4.79 Å². The van der Waals surface area contributed by atoms with E-state index >= 15 is 0 Å². The number of ether oxygens (including phenoxy) is 1. The van der Waals surface area contributed by atoms with Crippen LogP contribution < -0.4 is 0 Å². The first-order valence-electron chi connectivity index (χ1n) is 8.69. The topological polar surface area (TPSA) is 58.8 Å². The Hall–Kier alpha value is -1.40. The third-order valence-corrected chi connectivity index (χ3v) is 5.04. The van der Waals surface area contributed by atoms with Gasteiger partial charge in [-0.05, 0) is 19.9 Å². The molecule has 0 bridgehead atoms. The molecule has 0 spiro atoms. The van der Waals surface area contributed by atoms with Crippen LogP contribution in [0.15, 0.2) is 4.52 Å². The van der Waals surface area contributed by atoms with Crippen molar-refractivity contribution in [2.75, 3.05) is 33.3 Å². The maximum Gasteiger partial charge on any atom is 0.227 e. The second-order valence-corrected chi connectivity index (χ2v) is 6.53. The zero-order valence-corrected chi connectivity index (χ0v) is 14.4. The quantitative estimate of drug-likeness (QED) is 0.836. The molecule has 2 aliphatic heterocycles. The number of hydrogen-bond acceptors (Lipinski definition) is 5. The fourth-order valence-corrected chi connectivity index (χ4v) is 3.73. The van der Waals surface area contributed by atoms with Gasteiger partial charge in [0.15, 0.2) is 0 Å². The summed E-state index contributed by atoms with van der Waals surface area (Å²) in [4.78, 5) is 17.3. The molecule has 23 heavy (non-hydrogen) atoms. The van der Waals surface area contributed by atoms with E-state index in [1.807, 2.05) is 18.7 Å². The number of piperidine rings is 1. The zero-order valence-electron chi connectivity index (χ0n) is 14.4. The summed E-state index contributed by atoms with van der Waals surface area (Å²) < 4.78 is 11.3. The number of carbonyl (C=O) groups is 1. The smallest absolute Gasteiger partial charge is 0.227 e. The number of hydrogen-bond donors (Lipinski definition) is 0. The van der Waals surface area contributed by atoms with Gasteiger partial charge in [-0.1, -0.05) is 19.0 Å². The number of nitrogens with zero attached hydrogens (tertiary/aromatic N) is 3. The number of aryl methyl sites for hydroxylation is 2. The SMILES string of the molecule is CCc1noc(CC)c1CC(=O)N1CCO[C@@H]2CCN(C)C[C@@H]21. The summed E-state index contributed by atoms with van der Waals surface area (Å²) >= 11 is 0. The molecular formula is C17H27N3O3. The lowest BCUT2D eigenvalue weighted by Gasteiger charge is -2.46. The number of carbonyl (C=O) groups excluding carboxylic acids is 1. The molecule has 0 aliphatic carbocycles. The van der Waals surface area contributed by atoms with Gasteiger partial charge in [0.2, 0.25) is 5.91 Å². The summed E-state index contributed by atoms with van der Waals surface area (Å²) in [6.07, 6.45) is 3.14. The Morgan fingerprint density at radius 3 is 2.87 bits per heavy atom. The van der Waals surface area contributed by atoms with E-state index in [1.54, 1.807) is 0 Å². The minimum Gasteiger partial charge on any atom is -0.374 e. The van der Waals surface area contributed by atoms with E-state index in [-0.39, 0.29) is 18.1 Å². The molecule has 128 valence electrons. The van der Waals surface area contributed by atoms with Crippen LogP contribution in [0.1, 0.15) is 37.3 Å². The second-order valence-electron chi connectivity index (χ2n) is 6.53. The molecule has 2 saturated heterocycles. The number of fused-ring (bicyclic) bond motifs is 1. The highest BCUT2D eigenvalue weighted by Crippen LogP contribution is 2.24. The monoisotopic (exact) mass is 321 g/mol. The minimum atomic E-state index is 0.171. The fraction of sp³-hybridized carbons (Fsp3) is 0.765. The molecule has 0 radical (unpaired) electrons. The molecule has 0 unspecified atom stereocenters. The summed E-state index contributed by atoms with van der Waals surface area (Å²) in [7, 11) is 2.11. The second kappa shape index (κ2) is 7.01. The molecule has 3 heterocycles. The highest BCUT2D eigenvalue weighted by Gasteiger charge is 2.38. The van der Waals surface area contributed by atoms with Gasteiger partial charge in [-0.25, -0.2) is 0 Å². The molecule has 2 atom stereocenters. The lowest BCUT2D eigenvalue weighted by Crippen LogP contribution is -2.61. The Morgan fingerprint density at radius 1 is 1.30 bits per heavy atom. The number of likely N-dealkylation sites (N-methyl/N-ethyl adjacent to an activating group) is 1. The van der Waals surface area contributed by atoms with Gasteiger partial charge < -0.3 is 19.1 Å². The van der Waals surface area contributed by atoms with Gasteiger partial charge in [0, 0.05) is 31.6 Å². The van der Waals surface area contributed by atoms with Crippen molar-refractivity contribution in [3.8, 4) is 0 Å². The molecule has 0 N–H and O–H groups in total. The average molecular weight is 321 g/mol.